The van der Waals surface area contributed by atoms with Crippen molar-refractivity contribution in [3.8, 4) is 5.75 Å². The minimum absolute atomic E-state index is 0.248. The fourth-order valence-electron chi connectivity index (χ4n) is 0.826. The van der Waals surface area contributed by atoms with E-state index in [0.29, 0.717) is 0 Å². The molecule has 1 aromatic rings. The van der Waals surface area contributed by atoms with E-state index in [0.717, 1.165) is 0 Å². The van der Waals surface area contributed by atoms with Crippen molar-refractivity contribution in [3.63, 3.8) is 0 Å². The average molecular weight is 293 g/mol. The lowest BCUT2D eigenvalue weighted by molar-refractivity contribution is -0.114. The molecule has 0 aliphatic rings. The molecule has 0 aromatic heterocycles. The Kier molecular flexibility index (Phi) is 4.21. The van der Waals surface area contributed by atoms with Gasteiger partial charge in [-0.05, 0) is 12.1 Å². The summed E-state index contributed by atoms with van der Waals surface area (Å²) in [5, 5.41) is -0.495. The van der Waals surface area contributed by atoms with Gasteiger partial charge in [-0.1, -0.05) is 29.3 Å². The van der Waals surface area contributed by atoms with Gasteiger partial charge in [-0.15, -0.1) is 0 Å². The Morgan fingerprint density at radius 3 is 1.94 bits per heavy atom. The van der Waals surface area contributed by atoms with Gasteiger partial charge in [0.25, 0.3) is 5.83 Å². The maximum Gasteiger partial charge on any atom is 0.449 e. The van der Waals surface area contributed by atoms with Gasteiger partial charge < -0.3 is 4.74 Å². The Morgan fingerprint density at radius 1 is 1.06 bits per heavy atom. The Balaban J connectivity index is 3.08. The fourth-order valence-corrected chi connectivity index (χ4v) is 1.30. The van der Waals surface area contributed by atoms with Gasteiger partial charge in [0.15, 0.2) is 5.75 Å². The fraction of sp³-hybridized carbons (Fsp3) is 0.111. The molecule has 0 fully saturated rings. The summed E-state index contributed by atoms with van der Waals surface area (Å²) in [4.78, 5) is 0. The molecule has 94 valence electrons. The molecule has 8 heteroatoms. The third-order valence-electron chi connectivity index (χ3n) is 1.53. The maximum absolute atomic E-state index is 12.8. The van der Waals surface area contributed by atoms with Crippen LogP contribution in [0.5, 0.6) is 5.75 Å². The van der Waals surface area contributed by atoms with E-state index in [1.165, 1.54) is 18.2 Å². The summed E-state index contributed by atoms with van der Waals surface area (Å²) in [6.07, 6.45) is -5.47. The predicted molar refractivity (Wildman–Crippen MR) is 52.4 cm³/mol. The first kappa shape index (κ1) is 14.1. The quantitative estimate of drug-likeness (QED) is 0.548. The maximum atomic E-state index is 12.8. The number of hydrogen-bond donors (Lipinski definition) is 0. The summed E-state index contributed by atoms with van der Waals surface area (Å²) >= 11 is 11.0. The first-order valence-corrected chi connectivity index (χ1v) is 4.73. The van der Waals surface area contributed by atoms with Crippen molar-refractivity contribution < 1.29 is 26.7 Å². The molecule has 0 aliphatic heterocycles. The zero-order chi connectivity index (χ0) is 13.2. The van der Waals surface area contributed by atoms with Crippen molar-refractivity contribution in [1.82, 2.24) is 0 Å². The van der Waals surface area contributed by atoms with Crippen LogP contribution in [0.4, 0.5) is 22.0 Å². The summed E-state index contributed by atoms with van der Waals surface area (Å²) in [5.41, 5.74) is 0. The standard InChI is InChI=1S/C9H3Cl2F5O/c10-4-2-1-3-5(11)6(4)17-8(13)7(12)9(14,15)16/h1-3H. The van der Waals surface area contributed by atoms with Gasteiger partial charge in [0, 0.05) is 0 Å². The number of halogens is 7. The van der Waals surface area contributed by atoms with E-state index in [2.05, 4.69) is 4.74 Å². The molecule has 1 aromatic carbocycles. The lowest BCUT2D eigenvalue weighted by atomic mass is 10.3. The molecular formula is C9H3Cl2F5O. The molecule has 0 atom stereocenters. The van der Waals surface area contributed by atoms with Crippen molar-refractivity contribution in [2.45, 2.75) is 6.18 Å². The molecule has 0 amide bonds. The molecule has 0 bridgehead atoms. The first-order valence-electron chi connectivity index (χ1n) is 3.98. The third kappa shape index (κ3) is 3.47. The van der Waals surface area contributed by atoms with Crippen LogP contribution < -0.4 is 4.74 Å². The third-order valence-corrected chi connectivity index (χ3v) is 2.13. The summed E-state index contributed by atoms with van der Waals surface area (Å²) in [7, 11) is 0. The Labute approximate surface area is 102 Å². The Bertz CT molecular complexity index is 435. The van der Waals surface area contributed by atoms with E-state index in [-0.39, 0.29) is 10.0 Å². The smallest absolute Gasteiger partial charge is 0.426 e. The zero-order valence-corrected chi connectivity index (χ0v) is 9.30. The molecule has 0 radical (unpaired) electrons. The molecule has 1 nitrogen and oxygen atoms in total. The van der Waals surface area contributed by atoms with E-state index in [1.54, 1.807) is 0 Å². The lowest BCUT2D eigenvalue weighted by Crippen LogP contribution is -2.11. The van der Waals surface area contributed by atoms with Crippen LogP contribution in [0.15, 0.2) is 30.0 Å². The van der Waals surface area contributed by atoms with Crippen LogP contribution in [0.2, 0.25) is 10.0 Å². The molecule has 0 N–H and O–H groups in total. The number of para-hydroxylation sites is 1. The van der Waals surface area contributed by atoms with E-state index >= 15 is 0 Å². The van der Waals surface area contributed by atoms with Gasteiger partial charge in [-0.3, -0.25) is 0 Å². The highest BCUT2D eigenvalue weighted by Crippen LogP contribution is 2.36. The van der Waals surface area contributed by atoms with Crippen molar-refractivity contribution in [2.75, 3.05) is 0 Å². The largest absolute Gasteiger partial charge is 0.449 e. The minimum atomic E-state index is -5.47. The normalized spacial score (nSPS) is 13.4. The van der Waals surface area contributed by atoms with Crippen molar-refractivity contribution in [1.29, 1.82) is 0 Å². The van der Waals surface area contributed by atoms with E-state index < -0.39 is 23.8 Å². The Morgan fingerprint density at radius 2 is 1.53 bits per heavy atom. The topological polar surface area (TPSA) is 9.23 Å². The summed E-state index contributed by atoms with van der Waals surface area (Å²) < 4.78 is 64.6. The summed E-state index contributed by atoms with van der Waals surface area (Å²) in [6, 6.07) is 1.30. The van der Waals surface area contributed by atoms with Crippen LogP contribution in [0.3, 0.4) is 0 Å². The molecule has 0 saturated heterocycles. The van der Waals surface area contributed by atoms with Crippen molar-refractivity contribution in [3.05, 3.63) is 40.1 Å². The SMILES string of the molecule is FC(Oc1c(Cl)cccc1Cl)=C(F)C(F)(F)F. The van der Waals surface area contributed by atoms with Crippen LogP contribution in [-0.2, 0) is 0 Å². The van der Waals surface area contributed by atoms with E-state index in [1.807, 2.05) is 0 Å². The molecule has 17 heavy (non-hydrogen) atoms. The van der Waals surface area contributed by atoms with Gasteiger partial charge in [0.2, 0.25) is 0 Å². The highest BCUT2D eigenvalue weighted by molar-refractivity contribution is 6.37. The minimum Gasteiger partial charge on any atom is -0.426 e. The predicted octanol–water partition coefficient (Wildman–Crippen LogP) is 5.04. The summed E-state index contributed by atoms with van der Waals surface area (Å²) in [6.45, 7) is 0. The van der Waals surface area contributed by atoms with Crippen LogP contribution in [-0.4, -0.2) is 6.18 Å². The first-order chi connectivity index (χ1) is 7.73. The van der Waals surface area contributed by atoms with Crippen LogP contribution in [0, 0.1) is 0 Å². The number of ether oxygens (including phenoxy) is 1. The second-order valence-electron chi connectivity index (χ2n) is 2.74. The van der Waals surface area contributed by atoms with Crippen LogP contribution >= 0.6 is 23.2 Å². The second kappa shape index (κ2) is 5.10. The molecule has 0 unspecified atom stereocenters. The van der Waals surface area contributed by atoms with Gasteiger partial charge in [-0.2, -0.15) is 22.0 Å². The van der Waals surface area contributed by atoms with Gasteiger partial charge in [0.1, 0.15) is 0 Å². The number of allylic oxidation sites excluding steroid dienone is 1. The Hall–Kier alpha value is -1.01. The van der Waals surface area contributed by atoms with Crippen molar-refractivity contribution in [2.24, 2.45) is 0 Å². The molecule has 1 rings (SSSR count). The highest BCUT2D eigenvalue weighted by Gasteiger charge is 2.39. The van der Waals surface area contributed by atoms with Gasteiger partial charge in [0.05, 0.1) is 10.0 Å². The molecule has 0 saturated carbocycles. The van der Waals surface area contributed by atoms with Crippen LogP contribution in [0.1, 0.15) is 0 Å². The van der Waals surface area contributed by atoms with Crippen LogP contribution in [0.25, 0.3) is 0 Å². The van der Waals surface area contributed by atoms with E-state index in [9.17, 15) is 22.0 Å². The lowest BCUT2D eigenvalue weighted by Gasteiger charge is -2.09. The molecule has 0 heterocycles. The highest BCUT2D eigenvalue weighted by atomic mass is 35.5. The zero-order valence-electron chi connectivity index (χ0n) is 7.79. The second-order valence-corrected chi connectivity index (χ2v) is 3.55. The monoisotopic (exact) mass is 292 g/mol. The van der Waals surface area contributed by atoms with Gasteiger partial charge >= 0.3 is 12.2 Å². The summed E-state index contributed by atoms with van der Waals surface area (Å²) in [5.74, 6) is -3.58. The number of rotatable bonds is 2. The van der Waals surface area contributed by atoms with E-state index in [4.69, 9.17) is 23.2 Å². The van der Waals surface area contributed by atoms with Crippen molar-refractivity contribution >= 4 is 23.2 Å². The molecule has 0 spiro atoms. The molecule has 0 aliphatic carbocycles. The number of alkyl halides is 3. The number of hydrogen-bond acceptors (Lipinski definition) is 1. The molecular weight excluding hydrogens is 290 g/mol. The number of benzene rings is 1. The average Bonchev–Trinajstić information content (AvgIpc) is 2.21. The van der Waals surface area contributed by atoms with Gasteiger partial charge in [-0.25, -0.2) is 0 Å².